The first-order valence-electron chi connectivity index (χ1n) is 9.77. The number of anilines is 2. The minimum atomic E-state index is -0.691. The van der Waals surface area contributed by atoms with E-state index < -0.39 is 6.10 Å². The lowest BCUT2D eigenvalue weighted by atomic mass is 9.89. The standard InChI is InChI=1S/C24H24N2O5/c1-28-19-13-17(14-20(29-2)22(19)30-3)26-21(15-8-7-9-16(25)12-15)23(24(26)27)31-18-10-5-4-6-11-18/h4-14,21,23H,25H2,1-3H3/t21-,23+/m1/s1. The van der Waals surface area contributed by atoms with Crippen LogP contribution in [0.4, 0.5) is 11.4 Å². The first-order chi connectivity index (χ1) is 15.1. The molecule has 1 aliphatic heterocycles. The van der Waals surface area contributed by atoms with Crippen LogP contribution in [0.15, 0.2) is 66.7 Å². The van der Waals surface area contributed by atoms with Crippen LogP contribution in [0.25, 0.3) is 0 Å². The van der Waals surface area contributed by atoms with Gasteiger partial charge < -0.3 is 24.7 Å². The number of para-hydroxylation sites is 1. The maximum Gasteiger partial charge on any atom is 0.271 e. The Bertz CT molecular complexity index is 1060. The van der Waals surface area contributed by atoms with Gasteiger partial charge >= 0.3 is 0 Å². The number of benzene rings is 3. The van der Waals surface area contributed by atoms with Crippen molar-refractivity contribution in [3.8, 4) is 23.0 Å². The third kappa shape index (κ3) is 3.70. The number of hydrogen-bond acceptors (Lipinski definition) is 6. The summed E-state index contributed by atoms with van der Waals surface area (Å²) in [4.78, 5) is 14.9. The van der Waals surface area contributed by atoms with Crippen LogP contribution in [0.5, 0.6) is 23.0 Å². The number of methoxy groups -OCH3 is 3. The molecule has 3 aromatic rings. The molecule has 0 aliphatic carbocycles. The van der Waals surface area contributed by atoms with Crippen LogP contribution in [0.3, 0.4) is 0 Å². The van der Waals surface area contributed by atoms with Gasteiger partial charge in [-0.15, -0.1) is 0 Å². The SMILES string of the molecule is COc1cc(N2C(=O)[C@@H](Oc3ccccc3)[C@H]2c2cccc(N)c2)cc(OC)c1OC. The highest BCUT2D eigenvalue weighted by atomic mass is 16.5. The van der Waals surface area contributed by atoms with E-state index in [2.05, 4.69) is 0 Å². The number of nitrogens with zero attached hydrogens (tertiary/aromatic N) is 1. The van der Waals surface area contributed by atoms with Crippen molar-refractivity contribution < 1.29 is 23.7 Å². The summed E-state index contributed by atoms with van der Waals surface area (Å²) < 4.78 is 22.4. The molecule has 2 N–H and O–H groups in total. The molecule has 0 saturated carbocycles. The largest absolute Gasteiger partial charge is 0.493 e. The van der Waals surface area contributed by atoms with Gasteiger partial charge in [0, 0.05) is 17.8 Å². The van der Waals surface area contributed by atoms with E-state index in [1.165, 1.54) is 21.3 Å². The van der Waals surface area contributed by atoms with Crippen LogP contribution in [-0.2, 0) is 4.79 Å². The number of amides is 1. The molecular weight excluding hydrogens is 396 g/mol. The summed E-state index contributed by atoms with van der Waals surface area (Å²) in [6.45, 7) is 0. The number of nitrogen functional groups attached to an aromatic ring is 1. The maximum absolute atomic E-state index is 13.2. The van der Waals surface area contributed by atoms with E-state index in [0.29, 0.717) is 34.4 Å². The van der Waals surface area contributed by atoms with Crippen LogP contribution < -0.4 is 29.6 Å². The summed E-state index contributed by atoms with van der Waals surface area (Å²) in [5.74, 6) is 1.83. The molecule has 1 amide bonds. The molecule has 0 radical (unpaired) electrons. The van der Waals surface area contributed by atoms with Gasteiger partial charge in [0.25, 0.3) is 5.91 Å². The maximum atomic E-state index is 13.2. The first kappa shape index (κ1) is 20.4. The molecule has 1 aliphatic rings. The Morgan fingerprint density at radius 2 is 1.52 bits per heavy atom. The number of rotatable bonds is 7. The normalized spacial score (nSPS) is 17.6. The summed E-state index contributed by atoms with van der Waals surface area (Å²) in [6.07, 6.45) is -0.691. The molecule has 2 atom stereocenters. The first-order valence-corrected chi connectivity index (χ1v) is 9.77. The lowest BCUT2D eigenvalue weighted by Crippen LogP contribution is -2.61. The van der Waals surface area contributed by atoms with E-state index in [1.54, 1.807) is 23.1 Å². The molecule has 0 bridgehead atoms. The Labute approximate surface area is 180 Å². The molecule has 7 heteroatoms. The van der Waals surface area contributed by atoms with Gasteiger partial charge in [-0.25, -0.2) is 0 Å². The van der Waals surface area contributed by atoms with Crippen molar-refractivity contribution in [3.05, 3.63) is 72.3 Å². The highest BCUT2D eigenvalue weighted by Gasteiger charge is 2.51. The Hall–Kier alpha value is -3.87. The van der Waals surface area contributed by atoms with Crippen molar-refractivity contribution in [1.29, 1.82) is 0 Å². The second kappa shape index (κ2) is 8.47. The fraction of sp³-hybridized carbons (Fsp3) is 0.208. The fourth-order valence-corrected chi connectivity index (χ4v) is 3.78. The summed E-state index contributed by atoms with van der Waals surface area (Å²) in [5, 5.41) is 0. The van der Waals surface area contributed by atoms with Crippen LogP contribution in [0.2, 0.25) is 0 Å². The molecular formula is C24H24N2O5. The summed E-state index contributed by atoms with van der Waals surface area (Å²) in [7, 11) is 4.61. The van der Waals surface area contributed by atoms with Gasteiger partial charge in [0.2, 0.25) is 11.9 Å². The van der Waals surface area contributed by atoms with Gasteiger partial charge in [0.1, 0.15) is 11.8 Å². The second-order valence-electron chi connectivity index (χ2n) is 7.06. The number of carbonyl (C=O) groups is 1. The van der Waals surface area contributed by atoms with E-state index in [4.69, 9.17) is 24.7 Å². The smallest absolute Gasteiger partial charge is 0.271 e. The third-order valence-electron chi connectivity index (χ3n) is 5.23. The lowest BCUT2D eigenvalue weighted by Gasteiger charge is -2.46. The topological polar surface area (TPSA) is 83.2 Å². The summed E-state index contributed by atoms with van der Waals surface area (Å²) in [6, 6.07) is 19.8. The van der Waals surface area contributed by atoms with E-state index in [9.17, 15) is 4.79 Å². The van der Waals surface area contributed by atoms with Crippen LogP contribution in [0.1, 0.15) is 11.6 Å². The average molecular weight is 420 g/mol. The third-order valence-corrected chi connectivity index (χ3v) is 5.23. The van der Waals surface area contributed by atoms with Gasteiger partial charge in [-0.05, 0) is 29.8 Å². The highest BCUT2D eigenvalue weighted by molar-refractivity contribution is 6.05. The molecule has 0 aromatic heterocycles. The van der Waals surface area contributed by atoms with Crippen molar-refractivity contribution in [2.24, 2.45) is 0 Å². The van der Waals surface area contributed by atoms with Gasteiger partial charge in [0.15, 0.2) is 11.5 Å². The number of carbonyl (C=O) groups excluding carboxylic acids is 1. The van der Waals surface area contributed by atoms with Crippen molar-refractivity contribution >= 4 is 17.3 Å². The quantitative estimate of drug-likeness (QED) is 0.462. The Kier molecular flexibility index (Phi) is 5.58. The molecule has 4 rings (SSSR count). The molecule has 0 spiro atoms. The average Bonchev–Trinajstić information content (AvgIpc) is 2.80. The van der Waals surface area contributed by atoms with Gasteiger partial charge in [-0.3, -0.25) is 9.69 Å². The van der Waals surface area contributed by atoms with Crippen LogP contribution in [0, 0.1) is 0 Å². The number of hydrogen-bond donors (Lipinski definition) is 1. The molecule has 1 saturated heterocycles. The zero-order valence-corrected chi connectivity index (χ0v) is 17.6. The van der Waals surface area contributed by atoms with Gasteiger partial charge in [0.05, 0.1) is 27.0 Å². The minimum absolute atomic E-state index is 0.175. The van der Waals surface area contributed by atoms with E-state index in [0.717, 1.165) is 5.56 Å². The zero-order valence-electron chi connectivity index (χ0n) is 17.6. The monoisotopic (exact) mass is 420 g/mol. The van der Waals surface area contributed by atoms with Gasteiger partial charge in [-0.1, -0.05) is 30.3 Å². The zero-order chi connectivity index (χ0) is 22.0. The predicted molar refractivity (Wildman–Crippen MR) is 118 cm³/mol. The minimum Gasteiger partial charge on any atom is -0.493 e. The Balaban J connectivity index is 1.77. The van der Waals surface area contributed by atoms with Crippen LogP contribution in [-0.4, -0.2) is 33.3 Å². The number of ether oxygens (including phenoxy) is 4. The summed E-state index contributed by atoms with van der Waals surface area (Å²) in [5.41, 5.74) is 8.11. The second-order valence-corrected chi connectivity index (χ2v) is 7.06. The molecule has 7 nitrogen and oxygen atoms in total. The lowest BCUT2D eigenvalue weighted by molar-refractivity contribution is -0.135. The van der Waals surface area contributed by atoms with E-state index in [1.807, 2.05) is 48.5 Å². The molecule has 160 valence electrons. The number of nitrogens with two attached hydrogens (primary N) is 1. The highest BCUT2D eigenvalue weighted by Crippen LogP contribution is 2.47. The molecule has 31 heavy (non-hydrogen) atoms. The molecule has 1 fully saturated rings. The van der Waals surface area contributed by atoms with E-state index >= 15 is 0 Å². The Morgan fingerprint density at radius 3 is 2.10 bits per heavy atom. The number of β-lactam (4-membered cyclic amide) rings is 1. The Morgan fingerprint density at radius 1 is 0.839 bits per heavy atom. The van der Waals surface area contributed by atoms with Crippen molar-refractivity contribution in [2.75, 3.05) is 32.0 Å². The van der Waals surface area contributed by atoms with Crippen LogP contribution >= 0.6 is 0 Å². The molecule has 3 aromatic carbocycles. The van der Waals surface area contributed by atoms with Crippen molar-refractivity contribution in [3.63, 3.8) is 0 Å². The fourth-order valence-electron chi connectivity index (χ4n) is 3.78. The molecule has 0 unspecified atom stereocenters. The predicted octanol–water partition coefficient (Wildman–Crippen LogP) is 3.83. The summed E-state index contributed by atoms with van der Waals surface area (Å²) >= 11 is 0. The van der Waals surface area contributed by atoms with Crippen molar-refractivity contribution in [2.45, 2.75) is 12.1 Å². The van der Waals surface area contributed by atoms with E-state index in [-0.39, 0.29) is 11.9 Å². The van der Waals surface area contributed by atoms with Crippen molar-refractivity contribution in [1.82, 2.24) is 0 Å². The van der Waals surface area contributed by atoms with Gasteiger partial charge in [-0.2, -0.15) is 0 Å². The molecule has 1 heterocycles.